The molecule has 0 saturated carbocycles. The molecule has 0 bridgehead atoms. The van der Waals surface area contributed by atoms with Crippen LogP contribution in [0.1, 0.15) is 10.8 Å². The highest BCUT2D eigenvalue weighted by Gasteiger charge is 2.25. The summed E-state index contributed by atoms with van der Waals surface area (Å²) >= 11 is 4.34. The quantitative estimate of drug-likeness (QED) is 0.769. The summed E-state index contributed by atoms with van der Waals surface area (Å²) in [6.45, 7) is 1.69. The van der Waals surface area contributed by atoms with E-state index in [1.807, 2.05) is 30.3 Å². The lowest BCUT2D eigenvalue weighted by Gasteiger charge is -2.18. The van der Waals surface area contributed by atoms with E-state index in [4.69, 9.17) is 4.74 Å². The van der Waals surface area contributed by atoms with Crippen molar-refractivity contribution in [1.29, 1.82) is 0 Å². The second-order valence-corrected chi connectivity index (χ2v) is 3.97. The fourth-order valence-electron chi connectivity index (χ4n) is 1.54. The van der Waals surface area contributed by atoms with Crippen LogP contribution < -0.4 is 0 Å². The van der Waals surface area contributed by atoms with Crippen molar-refractivity contribution in [2.75, 3.05) is 19.9 Å². The molecule has 1 saturated heterocycles. The lowest BCUT2D eigenvalue weighted by atomic mass is 10.1. The van der Waals surface area contributed by atoms with Gasteiger partial charge in [-0.25, -0.2) is 0 Å². The minimum absolute atomic E-state index is 0.0158. The summed E-state index contributed by atoms with van der Waals surface area (Å²) < 4.78 is 5.14. The highest BCUT2D eigenvalue weighted by atomic mass is 32.1. The van der Waals surface area contributed by atoms with Crippen LogP contribution in [0.15, 0.2) is 30.3 Å². The predicted octanol–water partition coefficient (Wildman–Crippen LogP) is 1.47. The highest BCUT2D eigenvalue weighted by Crippen LogP contribution is 2.22. The number of thiol groups is 1. The number of amides is 1. The van der Waals surface area contributed by atoms with E-state index in [1.165, 1.54) is 0 Å². The van der Waals surface area contributed by atoms with Crippen LogP contribution in [0.2, 0.25) is 0 Å². The molecule has 1 amide bonds. The van der Waals surface area contributed by atoms with Gasteiger partial charge in [-0.2, -0.15) is 12.6 Å². The third-order valence-corrected chi connectivity index (χ3v) is 2.93. The zero-order chi connectivity index (χ0) is 10.7. The number of hydrogen-bond acceptors (Lipinski definition) is 3. The van der Waals surface area contributed by atoms with Crippen LogP contribution in [0, 0.1) is 0 Å². The molecule has 1 aromatic carbocycles. The summed E-state index contributed by atoms with van der Waals surface area (Å²) in [5, 5.41) is -0.382. The topological polar surface area (TPSA) is 29.5 Å². The molecule has 1 fully saturated rings. The van der Waals surface area contributed by atoms with Crippen LogP contribution in [-0.4, -0.2) is 30.7 Å². The van der Waals surface area contributed by atoms with Gasteiger partial charge in [0.1, 0.15) is 12.0 Å². The fraction of sp³-hybridized carbons (Fsp3) is 0.364. The molecule has 0 radical (unpaired) electrons. The predicted molar refractivity (Wildman–Crippen MR) is 60.7 cm³/mol. The van der Waals surface area contributed by atoms with Crippen molar-refractivity contribution in [3.63, 3.8) is 0 Å². The molecule has 3 nitrogen and oxygen atoms in total. The summed E-state index contributed by atoms with van der Waals surface area (Å²) in [6, 6.07) is 9.56. The Morgan fingerprint density at radius 3 is 2.73 bits per heavy atom. The van der Waals surface area contributed by atoms with Crippen LogP contribution in [0.5, 0.6) is 0 Å². The first-order chi connectivity index (χ1) is 7.29. The number of carbonyl (C=O) groups is 1. The standard InChI is InChI=1S/C11H13NO2S/c13-11(12-6-7-14-8-12)10(15)9-4-2-1-3-5-9/h1-5,10,15H,6-8H2. The Balaban J connectivity index is 2.07. The highest BCUT2D eigenvalue weighted by molar-refractivity contribution is 7.81. The van der Waals surface area contributed by atoms with E-state index in [0.717, 1.165) is 5.56 Å². The van der Waals surface area contributed by atoms with Gasteiger partial charge in [0.2, 0.25) is 5.91 Å². The van der Waals surface area contributed by atoms with Gasteiger partial charge in [-0.3, -0.25) is 4.79 Å². The molecular formula is C11H13NO2S. The molecule has 1 heterocycles. The Kier molecular flexibility index (Phi) is 3.28. The molecule has 2 rings (SSSR count). The Bertz CT molecular complexity index is 336. The summed E-state index contributed by atoms with van der Waals surface area (Å²) in [7, 11) is 0. The Morgan fingerprint density at radius 1 is 1.40 bits per heavy atom. The number of carbonyl (C=O) groups excluding carboxylic acids is 1. The van der Waals surface area contributed by atoms with Crippen LogP contribution in [-0.2, 0) is 9.53 Å². The average Bonchev–Trinajstić information content (AvgIpc) is 2.82. The van der Waals surface area contributed by atoms with Gasteiger partial charge in [0.05, 0.1) is 6.61 Å². The summed E-state index contributed by atoms with van der Waals surface area (Å²) in [6.07, 6.45) is 0. The number of hydrogen-bond donors (Lipinski definition) is 1. The molecule has 0 aliphatic carbocycles. The van der Waals surface area contributed by atoms with Crippen molar-refractivity contribution in [2.24, 2.45) is 0 Å². The molecule has 1 unspecified atom stereocenters. The van der Waals surface area contributed by atoms with Gasteiger partial charge >= 0.3 is 0 Å². The van der Waals surface area contributed by atoms with Crippen molar-refractivity contribution < 1.29 is 9.53 Å². The molecule has 15 heavy (non-hydrogen) atoms. The number of rotatable bonds is 2. The van der Waals surface area contributed by atoms with Crippen LogP contribution >= 0.6 is 12.6 Å². The summed E-state index contributed by atoms with van der Waals surface area (Å²) in [5.41, 5.74) is 0.928. The first kappa shape index (κ1) is 10.5. The van der Waals surface area contributed by atoms with Crippen molar-refractivity contribution in [3.05, 3.63) is 35.9 Å². The molecule has 0 spiro atoms. The molecule has 1 atom stereocenters. The van der Waals surface area contributed by atoms with E-state index < -0.39 is 0 Å². The normalized spacial score (nSPS) is 17.8. The zero-order valence-corrected chi connectivity index (χ0v) is 9.19. The second-order valence-electron chi connectivity index (χ2n) is 3.45. The maximum absolute atomic E-state index is 11.9. The number of nitrogens with zero attached hydrogens (tertiary/aromatic N) is 1. The SMILES string of the molecule is O=C(C(S)c1ccccc1)N1CCOC1. The lowest BCUT2D eigenvalue weighted by molar-refractivity contribution is -0.131. The van der Waals surface area contributed by atoms with Gasteiger partial charge in [-0.1, -0.05) is 30.3 Å². The molecule has 1 aromatic rings. The Hall–Kier alpha value is -1.00. The first-order valence-electron chi connectivity index (χ1n) is 4.88. The largest absolute Gasteiger partial charge is 0.359 e. The van der Waals surface area contributed by atoms with Gasteiger partial charge in [-0.15, -0.1) is 0 Å². The Labute approximate surface area is 94.4 Å². The van der Waals surface area contributed by atoms with E-state index >= 15 is 0 Å². The van der Waals surface area contributed by atoms with E-state index in [-0.39, 0.29) is 11.2 Å². The first-order valence-corrected chi connectivity index (χ1v) is 5.40. The van der Waals surface area contributed by atoms with Gasteiger partial charge in [0.25, 0.3) is 0 Å². The molecular weight excluding hydrogens is 210 g/mol. The molecule has 1 aliphatic heterocycles. The smallest absolute Gasteiger partial charge is 0.241 e. The molecule has 1 aliphatic rings. The third-order valence-electron chi connectivity index (χ3n) is 2.41. The molecule has 0 N–H and O–H groups in total. The van der Waals surface area contributed by atoms with Gasteiger partial charge < -0.3 is 9.64 Å². The van der Waals surface area contributed by atoms with E-state index in [2.05, 4.69) is 12.6 Å². The van der Waals surface area contributed by atoms with Crippen LogP contribution in [0.25, 0.3) is 0 Å². The maximum atomic E-state index is 11.9. The minimum atomic E-state index is -0.382. The van der Waals surface area contributed by atoms with Gasteiger partial charge in [-0.05, 0) is 5.56 Å². The molecule has 0 aromatic heterocycles. The lowest BCUT2D eigenvalue weighted by Crippen LogP contribution is -2.31. The van der Waals surface area contributed by atoms with Crippen molar-refractivity contribution in [1.82, 2.24) is 4.90 Å². The maximum Gasteiger partial charge on any atom is 0.241 e. The number of benzene rings is 1. The van der Waals surface area contributed by atoms with Gasteiger partial charge in [0.15, 0.2) is 0 Å². The Morgan fingerprint density at radius 2 is 2.13 bits per heavy atom. The minimum Gasteiger partial charge on any atom is -0.359 e. The fourth-order valence-corrected chi connectivity index (χ4v) is 1.87. The summed E-state index contributed by atoms with van der Waals surface area (Å²) in [5.74, 6) is 0.0158. The van der Waals surface area contributed by atoms with E-state index in [9.17, 15) is 4.79 Å². The third kappa shape index (κ3) is 2.33. The summed E-state index contributed by atoms with van der Waals surface area (Å²) in [4.78, 5) is 13.6. The van der Waals surface area contributed by atoms with Crippen LogP contribution in [0.3, 0.4) is 0 Å². The zero-order valence-electron chi connectivity index (χ0n) is 8.30. The van der Waals surface area contributed by atoms with E-state index in [0.29, 0.717) is 19.9 Å². The molecule has 4 heteroatoms. The second kappa shape index (κ2) is 4.68. The van der Waals surface area contributed by atoms with Gasteiger partial charge in [0, 0.05) is 6.54 Å². The monoisotopic (exact) mass is 223 g/mol. The van der Waals surface area contributed by atoms with Crippen molar-refractivity contribution >= 4 is 18.5 Å². The van der Waals surface area contributed by atoms with Crippen molar-refractivity contribution in [3.8, 4) is 0 Å². The average molecular weight is 223 g/mol. The van der Waals surface area contributed by atoms with Crippen molar-refractivity contribution in [2.45, 2.75) is 5.25 Å². The molecule has 80 valence electrons. The van der Waals surface area contributed by atoms with Crippen LogP contribution in [0.4, 0.5) is 0 Å². The van der Waals surface area contributed by atoms with E-state index in [1.54, 1.807) is 4.90 Å². The number of ether oxygens (including phenoxy) is 1.